The van der Waals surface area contributed by atoms with Crippen molar-refractivity contribution >= 4 is 17.6 Å². The number of rotatable bonds is 6. The van der Waals surface area contributed by atoms with E-state index in [9.17, 15) is 9.59 Å². The first-order valence-electron chi connectivity index (χ1n) is 6.92. The van der Waals surface area contributed by atoms with Crippen LogP contribution in [-0.2, 0) is 14.3 Å². The average Bonchev–Trinajstić information content (AvgIpc) is 2.43. The highest BCUT2D eigenvalue weighted by molar-refractivity contribution is 5.94. The molecule has 0 aliphatic heterocycles. The average molecular weight is 309 g/mol. The van der Waals surface area contributed by atoms with Gasteiger partial charge in [0.25, 0.3) is 5.91 Å². The second-order valence-corrected chi connectivity index (χ2v) is 6.01. The van der Waals surface area contributed by atoms with Crippen molar-refractivity contribution in [3.63, 3.8) is 0 Å². The van der Waals surface area contributed by atoms with E-state index in [4.69, 9.17) is 14.2 Å². The standard InChI is InChI=1S/C16H23NO5/c1-16(2,3)9-15(19)22-10-14(18)17-12-8-11(20-4)6-7-13(12)21-5/h6-8H,9-10H2,1-5H3,(H,17,18). The van der Waals surface area contributed by atoms with Gasteiger partial charge in [-0.1, -0.05) is 20.8 Å². The van der Waals surface area contributed by atoms with Crippen molar-refractivity contribution in [3.05, 3.63) is 18.2 Å². The molecule has 1 amide bonds. The van der Waals surface area contributed by atoms with Gasteiger partial charge in [0.1, 0.15) is 11.5 Å². The largest absolute Gasteiger partial charge is 0.497 e. The minimum atomic E-state index is -0.436. The highest BCUT2D eigenvalue weighted by Gasteiger charge is 2.18. The molecule has 1 N–H and O–H groups in total. The molecule has 0 fully saturated rings. The zero-order chi connectivity index (χ0) is 16.8. The van der Waals surface area contributed by atoms with Crippen LogP contribution in [0, 0.1) is 5.41 Å². The Kier molecular flexibility index (Phi) is 6.22. The van der Waals surface area contributed by atoms with Gasteiger partial charge in [0, 0.05) is 6.07 Å². The quantitative estimate of drug-likeness (QED) is 0.818. The van der Waals surface area contributed by atoms with Gasteiger partial charge in [-0.25, -0.2) is 0 Å². The van der Waals surface area contributed by atoms with Crippen LogP contribution in [0.5, 0.6) is 11.5 Å². The highest BCUT2D eigenvalue weighted by Crippen LogP contribution is 2.28. The Morgan fingerprint density at radius 1 is 1.14 bits per heavy atom. The number of esters is 1. The van der Waals surface area contributed by atoms with Crippen molar-refractivity contribution in [1.29, 1.82) is 0 Å². The van der Waals surface area contributed by atoms with E-state index < -0.39 is 11.9 Å². The number of carbonyl (C=O) groups excluding carboxylic acids is 2. The number of hydrogen-bond donors (Lipinski definition) is 1. The normalized spacial score (nSPS) is 10.8. The lowest BCUT2D eigenvalue weighted by molar-refractivity contribution is -0.149. The smallest absolute Gasteiger partial charge is 0.306 e. The Bertz CT molecular complexity index is 534. The Morgan fingerprint density at radius 2 is 1.82 bits per heavy atom. The van der Waals surface area contributed by atoms with Crippen molar-refractivity contribution in [2.24, 2.45) is 5.41 Å². The van der Waals surface area contributed by atoms with E-state index in [1.807, 2.05) is 20.8 Å². The number of carbonyl (C=O) groups is 2. The van der Waals surface area contributed by atoms with Gasteiger partial charge in [-0.2, -0.15) is 0 Å². The molecule has 1 aromatic rings. The van der Waals surface area contributed by atoms with Gasteiger partial charge in [0.05, 0.1) is 26.3 Å². The van der Waals surface area contributed by atoms with Crippen molar-refractivity contribution in [1.82, 2.24) is 0 Å². The first-order valence-corrected chi connectivity index (χ1v) is 6.92. The molecule has 1 rings (SSSR count). The minimum Gasteiger partial charge on any atom is -0.497 e. The van der Waals surface area contributed by atoms with Crippen LogP contribution in [-0.4, -0.2) is 32.7 Å². The monoisotopic (exact) mass is 309 g/mol. The zero-order valence-corrected chi connectivity index (χ0v) is 13.7. The van der Waals surface area contributed by atoms with Crippen LogP contribution in [0.25, 0.3) is 0 Å². The fourth-order valence-corrected chi connectivity index (χ4v) is 1.73. The first-order chi connectivity index (χ1) is 10.2. The molecular weight excluding hydrogens is 286 g/mol. The Labute approximate surface area is 130 Å². The molecule has 6 nitrogen and oxygen atoms in total. The molecule has 0 heterocycles. The van der Waals surface area contributed by atoms with Crippen LogP contribution in [0.4, 0.5) is 5.69 Å². The SMILES string of the molecule is COc1ccc(OC)c(NC(=O)COC(=O)CC(C)(C)C)c1. The molecule has 0 saturated carbocycles. The fourth-order valence-electron chi connectivity index (χ4n) is 1.73. The summed E-state index contributed by atoms with van der Waals surface area (Å²) < 4.78 is 15.2. The van der Waals surface area contributed by atoms with Crippen LogP contribution in [0.15, 0.2) is 18.2 Å². The summed E-state index contributed by atoms with van der Waals surface area (Å²) in [5.74, 6) is 0.241. The number of methoxy groups -OCH3 is 2. The number of amides is 1. The van der Waals surface area contributed by atoms with Gasteiger partial charge in [-0.05, 0) is 17.5 Å². The lowest BCUT2D eigenvalue weighted by Crippen LogP contribution is -2.23. The van der Waals surface area contributed by atoms with Crippen molar-refractivity contribution in [2.75, 3.05) is 26.1 Å². The third-order valence-corrected chi connectivity index (χ3v) is 2.72. The fraction of sp³-hybridized carbons (Fsp3) is 0.500. The second kappa shape index (κ2) is 7.68. The van der Waals surface area contributed by atoms with Crippen molar-refractivity contribution < 1.29 is 23.8 Å². The van der Waals surface area contributed by atoms with Crippen LogP contribution in [0.2, 0.25) is 0 Å². The van der Waals surface area contributed by atoms with E-state index in [1.165, 1.54) is 14.2 Å². The van der Waals surface area contributed by atoms with E-state index in [0.29, 0.717) is 17.2 Å². The molecule has 0 saturated heterocycles. The van der Waals surface area contributed by atoms with Crippen LogP contribution in [0.3, 0.4) is 0 Å². The maximum Gasteiger partial charge on any atom is 0.306 e. The van der Waals surface area contributed by atoms with Crippen molar-refractivity contribution in [2.45, 2.75) is 27.2 Å². The summed E-state index contributed by atoms with van der Waals surface area (Å²) >= 11 is 0. The molecular formula is C16H23NO5. The molecule has 0 unspecified atom stereocenters. The van der Waals surface area contributed by atoms with Gasteiger partial charge in [-0.3, -0.25) is 9.59 Å². The third kappa shape index (κ3) is 6.03. The molecule has 0 bridgehead atoms. The number of nitrogens with one attached hydrogen (secondary N) is 1. The van der Waals surface area contributed by atoms with Crippen LogP contribution in [0.1, 0.15) is 27.2 Å². The van der Waals surface area contributed by atoms with E-state index in [0.717, 1.165) is 0 Å². The second-order valence-electron chi connectivity index (χ2n) is 6.01. The molecule has 22 heavy (non-hydrogen) atoms. The number of hydrogen-bond acceptors (Lipinski definition) is 5. The molecule has 0 radical (unpaired) electrons. The molecule has 6 heteroatoms. The number of benzene rings is 1. The topological polar surface area (TPSA) is 73.9 Å². The summed E-state index contributed by atoms with van der Waals surface area (Å²) in [6.07, 6.45) is 0.253. The molecule has 1 aromatic carbocycles. The van der Waals surface area contributed by atoms with Gasteiger partial charge in [-0.15, -0.1) is 0 Å². The third-order valence-electron chi connectivity index (χ3n) is 2.72. The Balaban J connectivity index is 2.60. The lowest BCUT2D eigenvalue weighted by Gasteiger charge is -2.16. The maximum absolute atomic E-state index is 11.9. The molecule has 0 aliphatic carbocycles. The Hall–Kier alpha value is -2.24. The molecule has 0 spiro atoms. The lowest BCUT2D eigenvalue weighted by atomic mass is 9.92. The summed E-state index contributed by atoms with van der Waals surface area (Å²) in [4.78, 5) is 23.5. The summed E-state index contributed by atoms with van der Waals surface area (Å²) in [5.41, 5.74) is 0.280. The van der Waals surface area contributed by atoms with Crippen LogP contribution < -0.4 is 14.8 Å². The molecule has 0 atom stereocenters. The summed E-state index contributed by atoms with van der Waals surface area (Å²) in [5, 5.41) is 2.63. The summed E-state index contributed by atoms with van der Waals surface area (Å²) in [7, 11) is 3.03. The van der Waals surface area contributed by atoms with Crippen LogP contribution >= 0.6 is 0 Å². The van der Waals surface area contributed by atoms with Gasteiger partial charge < -0.3 is 19.5 Å². The predicted octanol–water partition coefficient (Wildman–Crippen LogP) is 2.62. The molecule has 122 valence electrons. The zero-order valence-electron chi connectivity index (χ0n) is 13.7. The van der Waals surface area contributed by atoms with E-state index in [1.54, 1.807) is 18.2 Å². The highest BCUT2D eigenvalue weighted by atomic mass is 16.5. The Morgan fingerprint density at radius 3 is 2.36 bits per heavy atom. The molecule has 0 aliphatic rings. The maximum atomic E-state index is 11.9. The van der Waals surface area contributed by atoms with Gasteiger partial charge >= 0.3 is 5.97 Å². The van der Waals surface area contributed by atoms with Crippen molar-refractivity contribution in [3.8, 4) is 11.5 Å². The number of ether oxygens (including phenoxy) is 3. The number of anilines is 1. The van der Waals surface area contributed by atoms with E-state index >= 15 is 0 Å². The first kappa shape index (κ1) is 17.8. The van der Waals surface area contributed by atoms with E-state index in [-0.39, 0.29) is 18.4 Å². The van der Waals surface area contributed by atoms with E-state index in [2.05, 4.69) is 5.32 Å². The summed E-state index contributed by atoms with van der Waals surface area (Å²) in [6, 6.07) is 5.03. The predicted molar refractivity (Wildman–Crippen MR) is 83.2 cm³/mol. The minimum absolute atomic E-state index is 0.177. The summed E-state index contributed by atoms with van der Waals surface area (Å²) in [6.45, 7) is 5.44. The molecule has 0 aromatic heterocycles. The van der Waals surface area contributed by atoms with Gasteiger partial charge in [0.2, 0.25) is 0 Å². The van der Waals surface area contributed by atoms with Gasteiger partial charge in [0.15, 0.2) is 6.61 Å².